The zero-order valence-electron chi connectivity index (χ0n) is 37.6. The van der Waals surface area contributed by atoms with Gasteiger partial charge < -0.3 is 40.6 Å². The third kappa shape index (κ3) is 18.4. The van der Waals surface area contributed by atoms with Crippen LogP contribution < -0.4 is 31.2 Å². The molecule has 69 heavy (non-hydrogen) atoms. The van der Waals surface area contributed by atoms with Crippen LogP contribution in [0.2, 0.25) is 0 Å². The van der Waals surface area contributed by atoms with Gasteiger partial charge in [0.25, 0.3) is 23.2 Å². The average Bonchev–Trinajstić information content (AvgIpc) is 3.63. The fourth-order valence-corrected chi connectivity index (χ4v) is 6.60. The average molecular weight is 958 g/mol. The van der Waals surface area contributed by atoms with Crippen LogP contribution in [0.4, 0.5) is 31.4 Å². The smallest absolute Gasteiger partial charge is 0.429 e. The van der Waals surface area contributed by atoms with E-state index in [0.29, 0.717) is 30.5 Å². The zero-order chi connectivity index (χ0) is 50.5. The number of nitro benzene ring substituents is 2. The lowest BCUT2D eigenvalue weighted by atomic mass is 9.89. The summed E-state index contributed by atoms with van der Waals surface area (Å²) in [4.78, 5) is 122. The quantitative estimate of drug-likeness (QED) is 0.0181. The molecular formula is C46H51N7O16. The number of nitrogens with one attached hydrogen (secondary N) is 3. The van der Waals surface area contributed by atoms with Crippen LogP contribution in [0.3, 0.4) is 0 Å². The van der Waals surface area contributed by atoms with Crippen LogP contribution in [0.25, 0.3) is 6.08 Å². The third-order valence-electron chi connectivity index (χ3n) is 10.2. The van der Waals surface area contributed by atoms with Gasteiger partial charge in [-0.05, 0) is 79.6 Å². The second-order valence-electron chi connectivity index (χ2n) is 15.8. The Bertz CT molecular complexity index is 2320. The molecule has 0 saturated carbocycles. The molecule has 1 aliphatic heterocycles. The lowest BCUT2D eigenvalue weighted by molar-refractivity contribution is -0.385. The van der Waals surface area contributed by atoms with Gasteiger partial charge in [0.15, 0.2) is 5.78 Å². The zero-order valence-corrected chi connectivity index (χ0v) is 37.6. The molecule has 23 heteroatoms. The van der Waals surface area contributed by atoms with Gasteiger partial charge in [-0.15, -0.1) is 0 Å². The van der Waals surface area contributed by atoms with Crippen LogP contribution >= 0.6 is 0 Å². The Balaban J connectivity index is 1.40. The largest absolute Gasteiger partial charge is 0.514 e. The number of primary amides is 1. The van der Waals surface area contributed by atoms with Gasteiger partial charge in [0.1, 0.15) is 24.7 Å². The molecule has 0 saturated heterocycles. The summed E-state index contributed by atoms with van der Waals surface area (Å²) in [7, 11) is 0. The number of unbranched alkanes of at least 4 members (excludes halogenated alkanes) is 2. The molecular weight excluding hydrogens is 907 g/mol. The van der Waals surface area contributed by atoms with Crippen molar-refractivity contribution in [3.05, 3.63) is 116 Å². The molecule has 0 unspecified atom stereocenters. The number of non-ortho nitro benzene ring substituents is 2. The van der Waals surface area contributed by atoms with Gasteiger partial charge in [0.05, 0.1) is 15.9 Å². The van der Waals surface area contributed by atoms with Crippen LogP contribution in [-0.4, -0.2) is 94.8 Å². The Morgan fingerprint density at radius 3 is 1.77 bits per heavy atom. The highest BCUT2D eigenvalue weighted by molar-refractivity contribution is 6.12. The van der Waals surface area contributed by atoms with Crippen molar-refractivity contribution in [3.63, 3.8) is 0 Å². The minimum absolute atomic E-state index is 0.0523. The van der Waals surface area contributed by atoms with E-state index in [4.69, 9.17) is 24.7 Å². The van der Waals surface area contributed by atoms with Crippen molar-refractivity contribution in [3.8, 4) is 11.5 Å². The highest BCUT2D eigenvalue weighted by Crippen LogP contribution is 2.22. The molecule has 5 N–H and O–H groups in total. The molecule has 3 aromatic rings. The number of carbonyl (C=O) groups excluding carboxylic acids is 8. The number of nitrogens with two attached hydrogens (primary N) is 1. The van der Waals surface area contributed by atoms with Crippen molar-refractivity contribution in [1.82, 2.24) is 15.5 Å². The number of nitrogens with zero attached hydrogens (tertiary/aromatic N) is 3. The maximum Gasteiger partial charge on any atom is 0.514 e. The Hall–Kier alpha value is -8.50. The molecule has 0 aromatic heterocycles. The van der Waals surface area contributed by atoms with Gasteiger partial charge in [-0.2, -0.15) is 0 Å². The number of carbonyl (C=O) groups is 8. The summed E-state index contributed by atoms with van der Waals surface area (Å²) in [5.74, 6) is -3.37. The molecule has 4 rings (SSSR count). The predicted octanol–water partition coefficient (Wildman–Crippen LogP) is 5.91. The van der Waals surface area contributed by atoms with Gasteiger partial charge in [-0.25, -0.2) is 14.4 Å². The van der Waals surface area contributed by atoms with Gasteiger partial charge in [-0.1, -0.05) is 32.4 Å². The van der Waals surface area contributed by atoms with Crippen molar-refractivity contribution in [2.45, 2.75) is 64.8 Å². The van der Waals surface area contributed by atoms with Crippen LogP contribution in [0, 0.1) is 32.1 Å². The van der Waals surface area contributed by atoms with E-state index in [2.05, 4.69) is 16.0 Å². The summed E-state index contributed by atoms with van der Waals surface area (Å²) in [5, 5.41) is 30.0. The van der Waals surface area contributed by atoms with Crippen molar-refractivity contribution >= 4 is 70.9 Å². The van der Waals surface area contributed by atoms with E-state index < -0.39 is 59.3 Å². The highest BCUT2D eigenvalue weighted by Gasteiger charge is 2.30. The van der Waals surface area contributed by atoms with Crippen LogP contribution in [0.15, 0.2) is 90.5 Å². The second kappa shape index (κ2) is 26.6. The van der Waals surface area contributed by atoms with Crippen LogP contribution in [0.1, 0.15) is 64.4 Å². The minimum atomic E-state index is -1.19. The number of imide groups is 1. The highest BCUT2D eigenvalue weighted by atomic mass is 16.7. The van der Waals surface area contributed by atoms with Crippen LogP contribution in [-0.2, 0) is 33.4 Å². The number of hydrogen-bond donors (Lipinski definition) is 4. The van der Waals surface area contributed by atoms with E-state index in [1.54, 1.807) is 26.0 Å². The molecule has 0 aliphatic carbocycles. The maximum atomic E-state index is 13.7. The monoisotopic (exact) mass is 957 g/mol. The van der Waals surface area contributed by atoms with E-state index in [-0.39, 0.29) is 96.6 Å². The number of anilines is 1. The first-order valence-electron chi connectivity index (χ1n) is 21.6. The molecule has 0 radical (unpaired) electrons. The molecule has 0 bridgehead atoms. The number of hydrogen-bond acceptors (Lipinski definition) is 16. The lowest BCUT2D eigenvalue weighted by Crippen LogP contribution is -2.45. The molecule has 1 heterocycles. The Morgan fingerprint density at radius 2 is 1.28 bits per heavy atom. The lowest BCUT2D eigenvalue weighted by Gasteiger charge is -2.24. The molecule has 23 nitrogen and oxygen atoms in total. The standard InChI is InChI=1S/C46H51N7O16/c1-29(2)42(50-39(55)8-4-3-5-24-51-40(56)21-22-41(51)57)38(54)26-32(7-6-23-48-44(47)59)43(58)49-33-11-9-30(10-12-33)25-31(27-66-45(60)68-36-17-13-34(14-18-36)52(62)63)28-67-46(61)69-37-19-15-35(16-20-37)53(64)65/h9-22,25,29,32,42H,3-8,23-24,26-28H2,1-2H3,(H,49,58)(H,50,55)(H3,47,48,59)/t32-,42+/m1/s1. The SMILES string of the molecule is CC(C)[C@H](NC(=O)CCCCCN1C(=O)C=CC1=O)C(=O)C[C@@H](CCCNC(N)=O)C(=O)Nc1ccc(C=C(COC(=O)Oc2ccc([N+](=O)[O-])cc2)COC(=O)Oc2ccc([N+](=O)[O-])cc2)cc1. The van der Waals surface area contributed by atoms with Crippen molar-refractivity contribution in [2.75, 3.05) is 31.6 Å². The maximum absolute atomic E-state index is 13.7. The van der Waals surface area contributed by atoms with E-state index in [1.165, 1.54) is 54.6 Å². The molecule has 1 aliphatic rings. The second-order valence-corrected chi connectivity index (χ2v) is 15.8. The van der Waals surface area contributed by atoms with E-state index >= 15 is 0 Å². The Kier molecular flexibility index (Phi) is 20.5. The number of amides is 6. The van der Waals surface area contributed by atoms with Crippen molar-refractivity contribution in [1.29, 1.82) is 0 Å². The molecule has 3 aromatic carbocycles. The summed E-state index contributed by atoms with van der Waals surface area (Å²) in [6.07, 6.45) is 3.33. The molecule has 6 amide bonds. The van der Waals surface area contributed by atoms with Gasteiger partial charge >= 0.3 is 18.3 Å². The minimum Gasteiger partial charge on any atom is -0.429 e. The molecule has 2 atom stereocenters. The first kappa shape index (κ1) is 53.1. The normalized spacial score (nSPS) is 12.6. The van der Waals surface area contributed by atoms with Gasteiger partial charge in [-0.3, -0.25) is 49.1 Å². The molecule has 366 valence electrons. The summed E-state index contributed by atoms with van der Waals surface area (Å²) in [6.45, 7) is 2.90. The number of benzene rings is 3. The molecule has 0 fully saturated rings. The van der Waals surface area contributed by atoms with Crippen molar-refractivity contribution < 1.29 is 67.2 Å². The number of urea groups is 1. The number of nitro groups is 2. The summed E-state index contributed by atoms with van der Waals surface area (Å²) < 4.78 is 20.6. The van der Waals surface area contributed by atoms with E-state index in [1.807, 2.05) is 0 Å². The predicted molar refractivity (Wildman–Crippen MR) is 244 cm³/mol. The fraction of sp³-hybridized carbons (Fsp3) is 0.348. The number of Topliss-reactive ketones (excluding diaryl/α,β-unsaturated/α-hetero) is 1. The van der Waals surface area contributed by atoms with E-state index in [9.17, 15) is 58.6 Å². The summed E-state index contributed by atoms with van der Waals surface area (Å²) >= 11 is 0. The van der Waals surface area contributed by atoms with Crippen LogP contribution in [0.5, 0.6) is 11.5 Å². The summed E-state index contributed by atoms with van der Waals surface area (Å²) in [5.41, 5.74) is 5.70. The summed E-state index contributed by atoms with van der Waals surface area (Å²) in [6, 6.07) is 13.8. The molecule has 0 spiro atoms. The fourth-order valence-electron chi connectivity index (χ4n) is 6.60. The van der Waals surface area contributed by atoms with Gasteiger partial charge in [0.2, 0.25) is 11.8 Å². The number of ketones is 1. The Morgan fingerprint density at radius 1 is 0.739 bits per heavy atom. The van der Waals surface area contributed by atoms with Gasteiger partial charge in [0, 0.05) is 79.5 Å². The van der Waals surface area contributed by atoms with Crippen molar-refractivity contribution in [2.24, 2.45) is 17.6 Å². The Labute approximate surface area is 394 Å². The number of ether oxygens (including phenoxy) is 4. The van der Waals surface area contributed by atoms with E-state index in [0.717, 1.165) is 29.2 Å². The first-order chi connectivity index (χ1) is 32.9. The third-order valence-corrected chi connectivity index (χ3v) is 10.2. The number of rotatable bonds is 26. The topological polar surface area (TPSA) is 325 Å². The first-order valence-corrected chi connectivity index (χ1v) is 21.6.